The third-order valence-electron chi connectivity index (χ3n) is 4.54. The molecule has 2 saturated heterocycles. The van der Waals surface area contributed by atoms with Crippen LogP contribution in [0.1, 0.15) is 12.8 Å². The van der Waals surface area contributed by atoms with E-state index in [9.17, 15) is 8.42 Å². The van der Waals surface area contributed by atoms with Crippen molar-refractivity contribution >= 4 is 10.0 Å². The molecule has 2 aliphatic rings. The standard InChI is InChI=1S/C15H22N2O4S/c1-20-13-5-6-15(14(10-13)21-2)22(18,19)17-9-8-16-7-3-4-12(16)11-17/h5-6,10,12H,3-4,7-9,11H2,1-2H3/t12-/m1/s1. The highest BCUT2D eigenvalue weighted by Crippen LogP contribution is 2.32. The minimum Gasteiger partial charge on any atom is -0.497 e. The van der Waals surface area contributed by atoms with Gasteiger partial charge in [-0.05, 0) is 31.5 Å². The molecule has 7 heteroatoms. The molecular weight excluding hydrogens is 304 g/mol. The maximum atomic E-state index is 12.9. The number of ether oxygens (including phenoxy) is 2. The highest BCUT2D eigenvalue weighted by Gasteiger charge is 2.37. The topological polar surface area (TPSA) is 59.1 Å². The van der Waals surface area contributed by atoms with E-state index in [4.69, 9.17) is 9.47 Å². The van der Waals surface area contributed by atoms with Crippen molar-refractivity contribution in [3.63, 3.8) is 0 Å². The van der Waals surface area contributed by atoms with Gasteiger partial charge in [0.2, 0.25) is 10.0 Å². The summed E-state index contributed by atoms with van der Waals surface area (Å²) < 4.78 is 37.9. The van der Waals surface area contributed by atoms with Gasteiger partial charge in [0.15, 0.2) is 0 Å². The van der Waals surface area contributed by atoms with Crippen LogP contribution in [0.15, 0.2) is 23.1 Å². The Balaban J connectivity index is 1.89. The molecule has 0 aliphatic carbocycles. The lowest BCUT2D eigenvalue weighted by molar-refractivity contribution is 0.158. The number of benzene rings is 1. The molecule has 122 valence electrons. The number of sulfonamides is 1. The molecule has 0 N–H and O–H groups in total. The number of rotatable bonds is 4. The highest BCUT2D eigenvalue weighted by molar-refractivity contribution is 7.89. The lowest BCUT2D eigenvalue weighted by atomic mass is 10.2. The van der Waals surface area contributed by atoms with Crippen LogP contribution in [-0.4, -0.2) is 64.1 Å². The molecular formula is C15H22N2O4S. The molecule has 2 fully saturated rings. The van der Waals surface area contributed by atoms with Crippen LogP contribution in [0.2, 0.25) is 0 Å². The van der Waals surface area contributed by atoms with Crippen LogP contribution in [0.4, 0.5) is 0 Å². The lowest BCUT2D eigenvalue weighted by Crippen LogP contribution is -2.51. The van der Waals surface area contributed by atoms with Gasteiger partial charge in [-0.25, -0.2) is 8.42 Å². The molecule has 0 aromatic heterocycles. The number of methoxy groups -OCH3 is 2. The largest absolute Gasteiger partial charge is 0.497 e. The van der Waals surface area contributed by atoms with Crippen LogP contribution in [-0.2, 0) is 10.0 Å². The second kappa shape index (κ2) is 6.06. The summed E-state index contributed by atoms with van der Waals surface area (Å²) in [7, 11) is -0.524. The molecule has 3 rings (SSSR count). The summed E-state index contributed by atoms with van der Waals surface area (Å²) in [6.07, 6.45) is 2.23. The molecule has 0 spiro atoms. The predicted octanol–water partition coefficient (Wildman–Crippen LogP) is 1.17. The predicted molar refractivity (Wildman–Crippen MR) is 82.9 cm³/mol. The maximum absolute atomic E-state index is 12.9. The van der Waals surface area contributed by atoms with Crippen molar-refractivity contribution in [2.24, 2.45) is 0 Å². The summed E-state index contributed by atoms with van der Waals surface area (Å²) in [6, 6.07) is 5.18. The van der Waals surface area contributed by atoms with Crippen molar-refractivity contribution in [3.05, 3.63) is 18.2 Å². The van der Waals surface area contributed by atoms with Crippen molar-refractivity contribution in [2.75, 3.05) is 40.4 Å². The molecule has 0 saturated carbocycles. The Morgan fingerprint density at radius 2 is 1.95 bits per heavy atom. The van der Waals surface area contributed by atoms with Gasteiger partial charge in [0.25, 0.3) is 0 Å². The molecule has 1 aromatic rings. The van der Waals surface area contributed by atoms with Crippen molar-refractivity contribution in [3.8, 4) is 11.5 Å². The van der Waals surface area contributed by atoms with Crippen molar-refractivity contribution in [2.45, 2.75) is 23.8 Å². The summed E-state index contributed by atoms with van der Waals surface area (Å²) in [6.45, 7) is 3.00. The van der Waals surface area contributed by atoms with Gasteiger partial charge in [-0.15, -0.1) is 0 Å². The monoisotopic (exact) mass is 326 g/mol. The van der Waals surface area contributed by atoms with Crippen LogP contribution in [0, 0.1) is 0 Å². The maximum Gasteiger partial charge on any atom is 0.246 e. The van der Waals surface area contributed by atoms with Gasteiger partial charge >= 0.3 is 0 Å². The van der Waals surface area contributed by atoms with Crippen LogP contribution < -0.4 is 9.47 Å². The summed E-state index contributed by atoms with van der Waals surface area (Å²) in [4.78, 5) is 2.60. The van der Waals surface area contributed by atoms with Crippen LogP contribution in [0.25, 0.3) is 0 Å². The van der Waals surface area contributed by atoms with E-state index >= 15 is 0 Å². The van der Waals surface area contributed by atoms with Gasteiger partial charge in [0.1, 0.15) is 16.4 Å². The number of fused-ring (bicyclic) bond motifs is 1. The molecule has 2 heterocycles. The summed E-state index contributed by atoms with van der Waals surface area (Å²) in [5.74, 6) is 0.907. The fraction of sp³-hybridized carbons (Fsp3) is 0.600. The molecule has 2 aliphatic heterocycles. The molecule has 0 amide bonds. The van der Waals surface area contributed by atoms with Gasteiger partial charge in [-0.2, -0.15) is 4.31 Å². The fourth-order valence-electron chi connectivity index (χ4n) is 3.31. The van der Waals surface area contributed by atoms with Crippen molar-refractivity contribution in [1.29, 1.82) is 0 Å². The third kappa shape index (κ3) is 2.68. The van der Waals surface area contributed by atoms with Gasteiger partial charge in [-0.3, -0.25) is 4.90 Å². The first kappa shape index (κ1) is 15.6. The summed E-state index contributed by atoms with van der Waals surface area (Å²) >= 11 is 0. The van der Waals surface area contributed by atoms with Crippen LogP contribution in [0.5, 0.6) is 11.5 Å². The van der Waals surface area contributed by atoms with Crippen LogP contribution in [0.3, 0.4) is 0 Å². The normalized spacial score (nSPS) is 23.3. The zero-order chi connectivity index (χ0) is 15.7. The molecule has 0 radical (unpaired) electrons. The Kier molecular flexibility index (Phi) is 4.29. The average Bonchev–Trinajstić information content (AvgIpc) is 3.01. The summed E-state index contributed by atoms with van der Waals surface area (Å²) in [5.41, 5.74) is 0. The molecule has 1 atom stereocenters. The minimum absolute atomic E-state index is 0.210. The second-order valence-electron chi connectivity index (χ2n) is 5.71. The minimum atomic E-state index is -3.54. The van der Waals surface area contributed by atoms with Gasteiger partial charge in [0, 0.05) is 31.7 Å². The van der Waals surface area contributed by atoms with Crippen molar-refractivity contribution in [1.82, 2.24) is 9.21 Å². The smallest absolute Gasteiger partial charge is 0.246 e. The van der Waals surface area contributed by atoms with Crippen LogP contribution >= 0.6 is 0 Å². The third-order valence-corrected chi connectivity index (χ3v) is 6.44. The molecule has 6 nitrogen and oxygen atoms in total. The number of nitrogens with zero attached hydrogens (tertiary/aromatic N) is 2. The molecule has 1 aromatic carbocycles. The highest BCUT2D eigenvalue weighted by atomic mass is 32.2. The van der Waals surface area contributed by atoms with E-state index in [0.717, 1.165) is 25.9 Å². The number of hydrogen-bond donors (Lipinski definition) is 0. The van der Waals surface area contributed by atoms with Crippen molar-refractivity contribution < 1.29 is 17.9 Å². The zero-order valence-corrected chi connectivity index (χ0v) is 13.8. The first-order chi connectivity index (χ1) is 10.6. The Morgan fingerprint density at radius 3 is 2.68 bits per heavy atom. The van der Waals surface area contributed by atoms with Gasteiger partial charge in [0.05, 0.1) is 14.2 Å². The molecule has 0 bridgehead atoms. The number of piperazine rings is 1. The SMILES string of the molecule is COc1ccc(S(=O)(=O)N2CCN3CCC[C@@H]3C2)c(OC)c1. The number of hydrogen-bond acceptors (Lipinski definition) is 5. The molecule has 22 heavy (non-hydrogen) atoms. The first-order valence-corrected chi connectivity index (χ1v) is 8.96. The van der Waals surface area contributed by atoms with E-state index in [1.807, 2.05) is 0 Å². The molecule has 0 unspecified atom stereocenters. The fourth-order valence-corrected chi connectivity index (χ4v) is 4.91. The van der Waals surface area contributed by atoms with E-state index in [2.05, 4.69) is 4.90 Å². The first-order valence-electron chi connectivity index (χ1n) is 7.52. The van der Waals surface area contributed by atoms with E-state index in [-0.39, 0.29) is 4.90 Å². The quantitative estimate of drug-likeness (QED) is 0.831. The average molecular weight is 326 g/mol. The Bertz CT molecular complexity index is 647. The summed E-state index contributed by atoms with van der Waals surface area (Å²) in [5, 5.41) is 0. The second-order valence-corrected chi connectivity index (χ2v) is 7.62. The van der Waals surface area contributed by atoms with Gasteiger partial charge < -0.3 is 9.47 Å². The zero-order valence-electron chi connectivity index (χ0n) is 13.0. The Morgan fingerprint density at radius 1 is 1.14 bits per heavy atom. The van der Waals surface area contributed by atoms with E-state index in [0.29, 0.717) is 30.6 Å². The Labute approximate surface area is 131 Å². The Hall–Kier alpha value is -1.31. The lowest BCUT2D eigenvalue weighted by Gasteiger charge is -2.36. The van der Waals surface area contributed by atoms with E-state index in [1.54, 1.807) is 29.6 Å². The van der Waals surface area contributed by atoms with E-state index in [1.165, 1.54) is 7.11 Å². The van der Waals surface area contributed by atoms with E-state index < -0.39 is 10.0 Å². The van der Waals surface area contributed by atoms with Gasteiger partial charge in [-0.1, -0.05) is 0 Å².